The van der Waals surface area contributed by atoms with Gasteiger partial charge in [-0.1, -0.05) is 11.6 Å². The van der Waals surface area contributed by atoms with Gasteiger partial charge in [-0.25, -0.2) is 13.2 Å². The molecule has 0 radical (unpaired) electrons. The number of halogens is 1. The average Bonchev–Trinajstić information content (AvgIpc) is 2.65. The third-order valence-corrected chi connectivity index (χ3v) is 6.96. The van der Waals surface area contributed by atoms with Gasteiger partial charge in [-0.2, -0.15) is 4.31 Å². The van der Waals surface area contributed by atoms with Gasteiger partial charge in [-0.15, -0.1) is 0 Å². The summed E-state index contributed by atoms with van der Waals surface area (Å²) in [5.41, 5.74) is -0.0821. The first kappa shape index (κ1) is 21.7. The second-order valence-electron chi connectivity index (χ2n) is 6.77. The van der Waals surface area contributed by atoms with E-state index in [1.807, 2.05) is 0 Å². The van der Waals surface area contributed by atoms with Crippen molar-refractivity contribution in [3.63, 3.8) is 0 Å². The molecule has 27 heavy (non-hydrogen) atoms. The van der Waals surface area contributed by atoms with Crippen LogP contribution in [0.1, 0.15) is 43.5 Å². The largest absolute Gasteiger partial charge is 0.452 e. The zero-order valence-corrected chi connectivity index (χ0v) is 17.3. The molecular weight excluding hydrogens is 392 g/mol. The molecule has 0 bridgehead atoms. The predicted molar refractivity (Wildman–Crippen MR) is 102 cm³/mol. The number of piperidine rings is 1. The molecule has 0 saturated carbocycles. The molecule has 150 valence electrons. The molecule has 1 heterocycles. The fraction of sp³-hybridized carbons (Fsp3) is 0.556. The van der Waals surface area contributed by atoms with E-state index in [4.69, 9.17) is 16.3 Å². The summed E-state index contributed by atoms with van der Waals surface area (Å²) < 4.78 is 31.5. The third-order valence-electron chi connectivity index (χ3n) is 4.60. The summed E-state index contributed by atoms with van der Waals surface area (Å²) in [5.74, 6) is -1.09. The molecule has 0 aliphatic carbocycles. The zero-order chi connectivity index (χ0) is 20.2. The van der Waals surface area contributed by atoms with Crippen LogP contribution in [-0.2, 0) is 19.6 Å². The molecule has 0 N–H and O–H groups in total. The minimum atomic E-state index is -3.77. The van der Waals surface area contributed by atoms with Crippen LogP contribution in [0.15, 0.2) is 23.1 Å². The Morgan fingerprint density at radius 1 is 1.22 bits per heavy atom. The van der Waals surface area contributed by atoms with Crippen LogP contribution in [0.2, 0.25) is 5.02 Å². The predicted octanol–water partition coefficient (Wildman–Crippen LogP) is 2.54. The van der Waals surface area contributed by atoms with Crippen molar-refractivity contribution in [3.8, 4) is 0 Å². The quantitative estimate of drug-likeness (QED) is 0.665. The van der Waals surface area contributed by atoms with E-state index in [9.17, 15) is 18.0 Å². The van der Waals surface area contributed by atoms with Crippen molar-refractivity contribution >= 4 is 33.5 Å². The third kappa shape index (κ3) is 5.21. The van der Waals surface area contributed by atoms with Gasteiger partial charge in [0.25, 0.3) is 5.91 Å². The van der Waals surface area contributed by atoms with Crippen LogP contribution in [0, 0.1) is 0 Å². The highest BCUT2D eigenvalue weighted by Gasteiger charge is 2.26. The minimum Gasteiger partial charge on any atom is -0.452 e. The van der Waals surface area contributed by atoms with Gasteiger partial charge in [-0.3, -0.25) is 4.79 Å². The highest BCUT2D eigenvalue weighted by Crippen LogP contribution is 2.24. The number of esters is 1. The minimum absolute atomic E-state index is 0.0580. The van der Waals surface area contributed by atoms with Gasteiger partial charge in [0.1, 0.15) is 0 Å². The number of hydrogen-bond acceptors (Lipinski definition) is 5. The molecule has 2 rings (SSSR count). The van der Waals surface area contributed by atoms with E-state index >= 15 is 0 Å². The van der Waals surface area contributed by atoms with Crippen LogP contribution in [0.5, 0.6) is 0 Å². The van der Waals surface area contributed by atoms with Gasteiger partial charge in [0.15, 0.2) is 6.61 Å². The van der Waals surface area contributed by atoms with Crippen LogP contribution in [0.4, 0.5) is 0 Å². The number of benzene rings is 1. The molecule has 0 atom stereocenters. The Morgan fingerprint density at radius 2 is 1.85 bits per heavy atom. The highest BCUT2D eigenvalue weighted by atomic mass is 35.5. The van der Waals surface area contributed by atoms with Gasteiger partial charge < -0.3 is 9.64 Å². The van der Waals surface area contributed by atoms with E-state index in [2.05, 4.69) is 0 Å². The van der Waals surface area contributed by atoms with Crippen LogP contribution in [-0.4, -0.2) is 62.3 Å². The van der Waals surface area contributed by atoms with Crippen molar-refractivity contribution in [2.75, 3.05) is 26.7 Å². The number of nitrogens with zero attached hydrogens (tertiary/aromatic N) is 2. The number of hydrogen-bond donors (Lipinski definition) is 0. The van der Waals surface area contributed by atoms with Gasteiger partial charge in [0, 0.05) is 26.2 Å². The van der Waals surface area contributed by atoms with Gasteiger partial charge in [0.2, 0.25) is 10.0 Å². The number of amides is 1. The summed E-state index contributed by atoms with van der Waals surface area (Å²) in [6.07, 6.45) is 2.97. The first-order chi connectivity index (χ1) is 12.6. The van der Waals surface area contributed by atoms with Crippen molar-refractivity contribution in [2.24, 2.45) is 0 Å². The van der Waals surface area contributed by atoms with E-state index < -0.39 is 22.6 Å². The fourth-order valence-corrected chi connectivity index (χ4v) is 4.29. The molecule has 1 aromatic carbocycles. The van der Waals surface area contributed by atoms with Crippen molar-refractivity contribution in [2.45, 2.75) is 44.0 Å². The van der Waals surface area contributed by atoms with Crippen molar-refractivity contribution in [1.29, 1.82) is 0 Å². The maximum Gasteiger partial charge on any atom is 0.340 e. The Labute approximate surface area is 165 Å². The number of rotatable bonds is 6. The van der Waals surface area contributed by atoms with Crippen LogP contribution >= 0.6 is 11.6 Å². The monoisotopic (exact) mass is 416 g/mol. The SMILES string of the molecule is CC(C)N(C)S(=O)(=O)c1ccc(Cl)c(C(=O)OCC(=O)N2CCCCC2)c1. The van der Waals surface area contributed by atoms with E-state index in [-0.39, 0.29) is 27.4 Å². The maximum absolute atomic E-state index is 12.6. The number of carbonyl (C=O) groups excluding carboxylic acids is 2. The maximum atomic E-state index is 12.6. The van der Waals surface area contributed by atoms with Crippen LogP contribution < -0.4 is 0 Å². The second kappa shape index (κ2) is 9.03. The number of sulfonamides is 1. The normalized spacial score (nSPS) is 15.3. The van der Waals surface area contributed by atoms with Crippen LogP contribution in [0.3, 0.4) is 0 Å². The van der Waals surface area contributed by atoms with E-state index in [0.29, 0.717) is 13.1 Å². The standard InChI is InChI=1S/C18H25ClN2O5S/c1-13(2)20(3)27(24,25)14-7-8-16(19)15(11-14)18(23)26-12-17(22)21-9-5-4-6-10-21/h7-8,11,13H,4-6,9-10,12H2,1-3H3. The molecule has 0 spiro atoms. The number of likely N-dealkylation sites (tertiary alicyclic amines) is 1. The lowest BCUT2D eigenvalue weighted by Crippen LogP contribution is -2.38. The number of ether oxygens (including phenoxy) is 1. The van der Waals surface area contributed by atoms with Crippen molar-refractivity contribution < 1.29 is 22.7 Å². The Bertz CT molecular complexity index is 804. The van der Waals surface area contributed by atoms with Gasteiger partial charge >= 0.3 is 5.97 Å². The Kier molecular flexibility index (Phi) is 7.25. The van der Waals surface area contributed by atoms with Gasteiger partial charge in [0.05, 0.1) is 15.5 Å². The summed E-state index contributed by atoms with van der Waals surface area (Å²) in [4.78, 5) is 26.1. The zero-order valence-electron chi connectivity index (χ0n) is 15.8. The first-order valence-corrected chi connectivity index (χ1v) is 10.7. The summed E-state index contributed by atoms with van der Waals surface area (Å²) in [5, 5.41) is 0.0663. The van der Waals surface area contributed by atoms with Crippen LogP contribution in [0.25, 0.3) is 0 Å². The van der Waals surface area contributed by atoms with E-state index in [1.165, 1.54) is 29.6 Å². The molecule has 1 fully saturated rings. The Hall–Kier alpha value is -1.64. The summed E-state index contributed by atoms with van der Waals surface area (Å²) >= 11 is 6.04. The van der Waals surface area contributed by atoms with Gasteiger partial charge in [-0.05, 0) is 51.3 Å². The second-order valence-corrected chi connectivity index (χ2v) is 9.18. The molecule has 0 aromatic heterocycles. The Balaban J connectivity index is 2.13. The van der Waals surface area contributed by atoms with Crippen molar-refractivity contribution in [1.82, 2.24) is 9.21 Å². The molecule has 9 heteroatoms. The molecule has 7 nitrogen and oxygen atoms in total. The topological polar surface area (TPSA) is 84.0 Å². The van der Waals surface area contributed by atoms with E-state index in [1.54, 1.807) is 18.7 Å². The molecule has 1 aromatic rings. The number of carbonyl (C=O) groups is 2. The average molecular weight is 417 g/mol. The molecule has 1 aliphatic heterocycles. The summed E-state index contributed by atoms with van der Waals surface area (Å²) in [7, 11) is -2.31. The van der Waals surface area contributed by atoms with Crippen molar-refractivity contribution in [3.05, 3.63) is 28.8 Å². The molecule has 1 saturated heterocycles. The molecule has 1 amide bonds. The lowest BCUT2D eigenvalue weighted by atomic mass is 10.1. The summed E-state index contributed by atoms with van der Waals surface area (Å²) in [6, 6.07) is 3.62. The molecular formula is C18H25ClN2O5S. The fourth-order valence-electron chi connectivity index (χ4n) is 2.70. The van der Waals surface area contributed by atoms with E-state index in [0.717, 1.165) is 19.3 Å². The lowest BCUT2D eigenvalue weighted by Gasteiger charge is -2.26. The first-order valence-electron chi connectivity index (χ1n) is 8.87. The molecule has 1 aliphatic rings. The highest BCUT2D eigenvalue weighted by molar-refractivity contribution is 7.89. The summed E-state index contributed by atoms with van der Waals surface area (Å²) in [6.45, 7) is 4.42. The smallest absolute Gasteiger partial charge is 0.340 e. The Morgan fingerprint density at radius 3 is 2.44 bits per heavy atom. The lowest BCUT2D eigenvalue weighted by molar-refractivity contribution is -0.135. The molecule has 0 unspecified atom stereocenters.